The van der Waals surface area contributed by atoms with E-state index >= 15 is 0 Å². The van der Waals surface area contributed by atoms with Crippen LogP contribution < -0.4 is 5.32 Å². The summed E-state index contributed by atoms with van der Waals surface area (Å²) in [7, 11) is 0. The Bertz CT molecular complexity index is 325. The lowest BCUT2D eigenvalue weighted by atomic mass is 10.3. The van der Waals surface area contributed by atoms with Crippen molar-refractivity contribution in [2.24, 2.45) is 0 Å². The normalized spacial score (nSPS) is 10.6. The van der Waals surface area contributed by atoms with Gasteiger partial charge in [0.05, 0.1) is 12.1 Å². The molecule has 90 valence electrons. The van der Waals surface area contributed by atoms with E-state index in [1.54, 1.807) is 6.07 Å². The van der Waals surface area contributed by atoms with Crippen LogP contribution >= 0.6 is 11.8 Å². The Morgan fingerprint density at radius 2 is 2.38 bits per heavy atom. The second kappa shape index (κ2) is 7.35. The van der Waals surface area contributed by atoms with E-state index in [1.807, 2.05) is 11.8 Å². The first-order chi connectivity index (χ1) is 7.74. The Labute approximate surface area is 99.4 Å². The highest BCUT2D eigenvalue weighted by Crippen LogP contribution is 2.07. The summed E-state index contributed by atoms with van der Waals surface area (Å²) in [6, 6.07) is 1.55. The topological polar surface area (TPSA) is 62.5 Å². The summed E-state index contributed by atoms with van der Waals surface area (Å²) in [6.07, 6.45) is 5.71. The molecule has 0 aromatic carbocycles. The third-order valence-electron chi connectivity index (χ3n) is 2.15. The highest BCUT2D eigenvalue weighted by atomic mass is 32.2. The molecule has 4 nitrogen and oxygen atoms in total. The number of carboxylic acids is 1. The molecule has 0 radical (unpaired) electrons. The van der Waals surface area contributed by atoms with E-state index in [1.165, 1.54) is 18.4 Å². The molecule has 0 bridgehead atoms. The number of furan rings is 1. The van der Waals surface area contributed by atoms with Gasteiger partial charge in [-0.05, 0) is 37.5 Å². The standard InChI is InChI=1S/C11H17NO3S/c1-16-5-3-2-4-12-7-10-6-9(8-15-10)11(13)14/h6,8,12H,2-5,7H2,1H3,(H,13,14). The van der Waals surface area contributed by atoms with E-state index < -0.39 is 5.97 Å². The maximum absolute atomic E-state index is 10.6. The molecule has 5 heteroatoms. The molecule has 0 aliphatic carbocycles. The minimum absolute atomic E-state index is 0.208. The summed E-state index contributed by atoms with van der Waals surface area (Å²) in [5.41, 5.74) is 0.208. The van der Waals surface area contributed by atoms with Crippen LogP contribution in [0.15, 0.2) is 16.7 Å². The van der Waals surface area contributed by atoms with Gasteiger partial charge in [-0.1, -0.05) is 0 Å². The van der Waals surface area contributed by atoms with Crippen molar-refractivity contribution in [1.29, 1.82) is 0 Å². The van der Waals surface area contributed by atoms with Gasteiger partial charge in [0.25, 0.3) is 0 Å². The number of rotatable bonds is 8. The van der Waals surface area contributed by atoms with Crippen LogP contribution in [-0.2, 0) is 6.54 Å². The number of thioether (sulfide) groups is 1. The van der Waals surface area contributed by atoms with E-state index in [4.69, 9.17) is 9.52 Å². The van der Waals surface area contributed by atoms with Crippen molar-refractivity contribution in [3.8, 4) is 0 Å². The van der Waals surface area contributed by atoms with E-state index in [9.17, 15) is 4.79 Å². The maximum atomic E-state index is 10.6. The molecule has 0 fully saturated rings. The van der Waals surface area contributed by atoms with Gasteiger partial charge in [0, 0.05) is 0 Å². The first-order valence-corrected chi connectivity index (χ1v) is 6.64. The molecule has 0 unspecified atom stereocenters. The molecule has 0 aliphatic rings. The van der Waals surface area contributed by atoms with Crippen molar-refractivity contribution in [3.63, 3.8) is 0 Å². The van der Waals surface area contributed by atoms with Crippen molar-refractivity contribution in [1.82, 2.24) is 5.32 Å². The van der Waals surface area contributed by atoms with E-state index in [2.05, 4.69) is 11.6 Å². The molecular weight excluding hydrogens is 226 g/mol. The lowest BCUT2D eigenvalue weighted by molar-refractivity contribution is 0.0696. The summed E-state index contributed by atoms with van der Waals surface area (Å²) in [6.45, 7) is 1.52. The lowest BCUT2D eigenvalue weighted by Gasteiger charge is -2.01. The van der Waals surface area contributed by atoms with Crippen molar-refractivity contribution in [3.05, 3.63) is 23.7 Å². The van der Waals surface area contributed by atoms with Crippen LogP contribution in [0.3, 0.4) is 0 Å². The zero-order valence-electron chi connectivity index (χ0n) is 9.36. The molecule has 1 heterocycles. The predicted octanol–water partition coefficient (Wildman–Crippen LogP) is 2.21. The molecule has 0 amide bonds. The number of nitrogens with one attached hydrogen (secondary N) is 1. The fourth-order valence-electron chi connectivity index (χ4n) is 1.29. The van der Waals surface area contributed by atoms with Gasteiger partial charge in [-0.25, -0.2) is 4.79 Å². The molecule has 0 spiro atoms. The first kappa shape index (κ1) is 13.1. The van der Waals surface area contributed by atoms with Crippen molar-refractivity contribution >= 4 is 17.7 Å². The number of hydrogen-bond acceptors (Lipinski definition) is 4. The largest absolute Gasteiger partial charge is 0.478 e. The van der Waals surface area contributed by atoms with Crippen molar-refractivity contribution < 1.29 is 14.3 Å². The van der Waals surface area contributed by atoms with Gasteiger partial charge in [-0.2, -0.15) is 11.8 Å². The molecular formula is C11H17NO3S. The van der Waals surface area contributed by atoms with Gasteiger partial charge in [-0.15, -0.1) is 0 Å². The van der Waals surface area contributed by atoms with Crippen LogP contribution in [0.2, 0.25) is 0 Å². The minimum atomic E-state index is -0.949. The van der Waals surface area contributed by atoms with E-state index in [-0.39, 0.29) is 5.56 Å². The Balaban J connectivity index is 2.14. The number of carbonyl (C=O) groups is 1. The molecule has 0 saturated heterocycles. The third-order valence-corrected chi connectivity index (χ3v) is 2.85. The Morgan fingerprint density at radius 1 is 1.56 bits per heavy atom. The highest BCUT2D eigenvalue weighted by Gasteiger charge is 2.07. The zero-order valence-corrected chi connectivity index (χ0v) is 10.2. The summed E-state index contributed by atoms with van der Waals surface area (Å²) in [5.74, 6) is 0.906. The SMILES string of the molecule is CSCCCCNCc1cc(C(=O)O)co1. The predicted molar refractivity (Wildman–Crippen MR) is 65.0 cm³/mol. The number of aromatic carboxylic acids is 1. The number of hydrogen-bond donors (Lipinski definition) is 2. The maximum Gasteiger partial charge on any atom is 0.338 e. The van der Waals surface area contributed by atoms with Gasteiger partial charge in [0.1, 0.15) is 12.0 Å². The monoisotopic (exact) mass is 243 g/mol. The quantitative estimate of drug-likeness (QED) is 0.685. The molecule has 16 heavy (non-hydrogen) atoms. The Morgan fingerprint density at radius 3 is 3.00 bits per heavy atom. The second-order valence-corrected chi connectivity index (χ2v) is 4.47. The van der Waals surface area contributed by atoms with Crippen LogP contribution in [0.4, 0.5) is 0 Å². The first-order valence-electron chi connectivity index (χ1n) is 5.24. The summed E-state index contributed by atoms with van der Waals surface area (Å²) in [4.78, 5) is 10.6. The third kappa shape index (κ3) is 4.72. The van der Waals surface area contributed by atoms with Crippen LogP contribution in [0.1, 0.15) is 29.0 Å². The van der Waals surface area contributed by atoms with Crippen LogP contribution in [-0.4, -0.2) is 29.6 Å². The fourth-order valence-corrected chi connectivity index (χ4v) is 1.79. The second-order valence-electron chi connectivity index (χ2n) is 3.48. The highest BCUT2D eigenvalue weighted by molar-refractivity contribution is 7.98. The average molecular weight is 243 g/mol. The van der Waals surface area contributed by atoms with Crippen molar-refractivity contribution in [2.75, 3.05) is 18.6 Å². The minimum Gasteiger partial charge on any atom is -0.478 e. The molecule has 0 atom stereocenters. The summed E-state index contributed by atoms with van der Waals surface area (Å²) < 4.78 is 5.11. The molecule has 0 saturated carbocycles. The van der Waals surface area contributed by atoms with Gasteiger partial charge in [0.2, 0.25) is 0 Å². The number of carboxylic acid groups (broad SMARTS) is 1. The Kier molecular flexibility index (Phi) is 6.03. The van der Waals surface area contributed by atoms with Crippen LogP contribution in [0.25, 0.3) is 0 Å². The molecule has 0 aliphatic heterocycles. The van der Waals surface area contributed by atoms with Gasteiger partial charge >= 0.3 is 5.97 Å². The fraction of sp³-hybridized carbons (Fsp3) is 0.545. The lowest BCUT2D eigenvalue weighted by Crippen LogP contribution is -2.14. The molecule has 2 N–H and O–H groups in total. The number of unbranched alkanes of at least 4 members (excludes halogenated alkanes) is 1. The average Bonchev–Trinajstić information content (AvgIpc) is 2.72. The van der Waals surface area contributed by atoms with Gasteiger partial charge < -0.3 is 14.8 Å². The smallest absolute Gasteiger partial charge is 0.338 e. The van der Waals surface area contributed by atoms with Crippen LogP contribution in [0, 0.1) is 0 Å². The van der Waals surface area contributed by atoms with Gasteiger partial charge in [-0.3, -0.25) is 0 Å². The molecule has 1 rings (SSSR count). The van der Waals surface area contributed by atoms with E-state index in [0.717, 1.165) is 13.0 Å². The van der Waals surface area contributed by atoms with Gasteiger partial charge in [0.15, 0.2) is 0 Å². The zero-order chi connectivity index (χ0) is 11.8. The van der Waals surface area contributed by atoms with Crippen LogP contribution in [0.5, 0.6) is 0 Å². The summed E-state index contributed by atoms with van der Waals surface area (Å²) in [5, 5.41) is 11.9. The molecule has 1 aromatic rings. The Hall–Kier alpha value is -0.940. The van der Waals surface area contributed by atoms with E-state index in [0.29, 0.717) is 12.3 Å². The molecule has 1 aromatic heterocycles. The van der Waals surface area contributed by atoms with Crippen molar-refractivity contribution in [2.45, 2.75) is 19.4 Å². The summed E-state index contributed by atoms with van der Waals surface area (Å²) >= 11 is 1.85.